The number of rotatable bonds is 2. The zero-order valence-electron chi connectivity index (χ0n) is 8.90. The largest absolute Gasteiger partial charge is 0.390 e. The van der Waals surface area contributed by atoms with E-state index in [1.54, 1.807) is 13.0 Å². The van der Waals surface area contributed by atoms with Crippen molar-refractivity contribution in [2.45, 2.75) is 30.9 Å². The molecule has 0 heterocycles. The first kappa shape index (κ1) is 11.5. The van der Waals surface area contributed by atoms with Crippen LogP contribution in [0, 0.1) is 0 Å². The third-order valence-electron chi connectivity index (χ3n) is 2.99. The summed E-state index contributed by atoms with van der Waals surface area (Å²) in [6.07, 6.45) is 2.55. The molecule has 0 bridgehead atoms. The van der Waals surface area contributed by atoms with E-state index in [1.807, 2.05) is 24.3 Å². The van der Waals surface area contributed by atoms with E-state index in [9.17, 15) is 9.90 Å². The molecule has 0 atom stereocenters. The highest BCUT2D eigenvalue weighted by atomic mass is 79.9. The van der Waals surface area contributed by atoms with Gasteiger partial charge in [-0.25, -0.2) is 4.79 Å². The minimum Gasteiger partial charge on any atom is -0.390 e. The molecule has 4 heteroatoms. The van der Waals surface area contributed by atoms with Crippen LogP contribution in [0.2, 0.25) is 0 Å². The summed E-state index contributed by atoms with van der Waals surface area (Å²) in [4.78, 5) is 14.4. The molecule has 1 aromatic rings. The predicted octanol–water partition coefficient (Wildman–Crippen LogP) is 2.53. The molecule has 0 saturated heterocycles. The van der Waals surface area contributed by atoms with Crippen LogP contribution in [0.4, 0.5) is 0 Å². The van der Waals surface area contributed by atoms with E-state index in [-0.39, 0.29) is 0 Å². The van der Waals surface area contributed by atoms with Crippen molar-refractivity contribution in [3.63, 3.8) is 0 Å². The molecule has 1 saturated carbocycles. The first-order valence-corrected chi connectivity index (χ1v) is 5.84. The first-order chi connectivity index (χ1) is 7.47. The van der Waals surface area contributed by atoms with Gasteiger partial charge in [0, 0.05) is 17.3 Å². The van der Waals surface area contributed by atoms with Gasteiger partial charge in [0.1, 0.15) is 5.54 Å². The van der Waals surface area contributed by atoms with Crippen LogP contribution in [-0.4, -0.2) is 16.8 Å². The molecule has 1 aliphatic rings. The lowest BCUT2D eigenvalue weighted by Crippen LogP contribution is -2.51. The van der Waals surface area contributed by atoms with Gasteiger partial charge < -0.3 is 5.11 Å². The van der Waals surface area contributed by atoms with Crippen molar-refractivity contribution >= 4 is 22.0 Å². The van der Waals surface area contributed by atoms with E-state index in [1.165, 1.54) is 0 Å². The first-order valence-electron chi connectivity index (χ1n) is 5.05. The van der Waals surface area contributed by atoms with Crippen molar-refractivity contribution in [3.8, 4) is 0 Å². The number of aliphatic hydroxyl groups is 1. The molecule has 0 radical (unpaired) electrons. The van der Waals surface area contributed by atoms with Gasteiger partial charge in [0.2, 0.25) is 6.08 Å². The fourth-order valence-electron chi connectivity index (χ4n) is 2.40. The predicted molar refractivity (Wildman–Crippen MR) is 63.8 cm³/mol. The van der Waals surface area contributed by atoms with E-state index in [4.69, 9.17) is 0 Å². The molecule has 1 N–H and O–H groups in total. The zero-order chi connectivity index (χ0) is 11.8. The van der Waals surface area contributed by atoms with E-state index < -0.39 is 11.1 Å². The van der Waals surface area contributed by atoms with Crippen molar-refractivity contribution in [2.24, 2.45) is 4.99 Å². The molecule has 1 aromatic carbocycles. The molecule has 0 spiro atoms. The Morgan fingerprint density at radius 3 is 2.38 bits per heavy atom. The number of benzene rings is 1. The lowest BCUT2D eigenvalue weighted by Gasteiger charge is -2.48. The van der Waals surface area contributed by atoms with Crippen LogP contribution in [0.5, 0.6) is 0 Å². The summed E-state index contributed by atoms with van der Waals surface area (Å²) in [5, 5.41) is 9.79. The van der Waals surface area contributed by atoms with Crippen molar-refractivity contribution < 1.29 is 9.90 Å². The number of halogens is 1. The molecule has 0 aromatic heterocycles. The fraction of sp³-hybridized carbons (Fsp3) is 0.417. The van der Waals surface area contributed by atoms with Crippen LogP contribution >= 0.6 is 15.9 Å². The Bertz CT molecular complexity index is 439. The Morgan fingerprint density at radius 1 is 1.38 bits per heavy atom. The van der Waals surface area contributed by atoms with Crippen LogP contribution in [0.25, 0.3) is 0 Å². The molecule has 16 heavy (non-hydrogen) atoms. The smallest absolute Gasteiger partial charge is 0.235 e. The van der Waals surface area contributed by atoms with E-state index in [0.29, 0.717) is 12.8 Å². The lowest BCUT2D eigenvalue weighted by molar-refractivity contribution is -0.0727. The minimum atomic E-state index is -0.729. The maximum absolute atomic E-state index is 10.5. The van der Waals surface area contributed by atoms with Gasteiger partial charge in [-0.3, -0.25) is 0 Å². The Balaban J connectivity index is 2.35. The summed E-state index contributed by atoms with van der Waals surface area (Å²) in [5.74, 6) is 0. The second-order valence-electron chi connectivity index (χ2n) is 4.59. The van der Waals surface area contributed by atoms with Crippen LogP contribution in [0.15, 0.2) is 33.7 Å². The summed E-state index contributed by atoms with van der Waals surface area (Å²) in [5.41, 5.74) is -0.357. The monoisotopic (exact) mass is 281 g/mol. The van der Waals surface area contributed by atoms with Crippen LogP contribution in [0.3, 0.4) is 0 Å². The Labute approximate surface area is 102 Å². The molecule has 0 unspecified atom stereocenters. The highest BCUT2D eigenvalue weighted by molar-refractivity contribution is 9.10. The molecule has 0 amide bonds. The Hall–Kier alpha value is -0.960. The minimum absolute atomic E-state index is 0.469. The average Bonchev–Trinajstić information content (AvgIpc) is 2.16. The van der Waals surface area contributed by atoms with Crippen molar-refractivity contribution in [3.05, 3.63) is 34.3 Å². The van der Waals surface area contributed by atoms with Crippen molar-refractivity contribution in [1.82, 2.24) is 0 Å². The summed E-state index contributed by atoms with van der Waals surface area (Å²) in [7, 11) is 0. The standard InChI is InChI=1S/C12H12BrNO2/c1-11(16)6-12(7-11,14-8-15)9-2-4-10(13)5-3-9/h2-5,16H,6-7H2,1H3. The third-order valence-corrected chi connectivity index (χ3v) is 3.52. The van der Waals surface area contributed by atoms with Gasteiger partial charge in [-0.1, -0.05) is 28.1 Å². The van der Waals surface area contributed by atoms with E-state index in [0.717, 1.165) is 10.0 Å². The summed E-state index contributed by atoms with van der Waals surface area (Å²) >= 11 is 3.36. The zero-order valence-corrected chi connectivity index (χ0v) is 10.5. The normalized spacial score (nSPS) is 32.7. The second-order valence-corrected chi connectivity index (χ2v) is 5.51. The van der Waals surface area contributed by atoms with Crippen LogP contribution < -0.4 is 0 Å². The number of hydrogen-bond donors (Lipinski definition) is 1. The molecular weight excluding hydrogens is 270 g/mol. The number of hydrogen-bond acceptors (Lipinski definition) is 3. The number of aliphatic imine (C=N–C) groups is 1. The van der Waals surface area contributed by atoms with Gasteiger partial charge in [0.25, 0.3) is 0 Å². The van der Waals surface area contributed by atoms with Crippen LogP contribution in [-0.2, 0) is 10.3 Å². The number of nitrogens with zero attached hydrogens (tertiary/aromatic N) is 1. The maximum atomic E-state index is 10.5. The van der Waals surface area contributed by atoms with Crippen molar-refractivity contribution in [1.29, 1.82) is 0 Å². The van der Waals surface area contributed by atoms with Gasteiger partial charge in [0.05, 0.1) is 5.60 Å². The molecule has 1 aliphatic carbocycles. The van der Waals surface area contributed by atoms with Gasteiger partial charge in [-0.2, -0.15) is 4.99 Å². The summed E-state index contributed by atoms with van der Waals surface area (Å²) < 4.78 is 0.979. The molecule has 84 valence electrons. The topological polar surface area (TPSA) is 49.7 Å². The highest BCUT2D eigenvalue weighted by Gasteiger charge is 2.52. The Kier molecular flexibility index (Phi) is 2.74. The number of isocyanates is 1. The molecule has 2 rings (SSSR count). The summed E-state index contributed by atoms with van der Waals surface area (Å²) in [6.45, 7) is 1.75. The molecular formula is C12H12BrNO2. The third kappa shape index (κ3) is 1.96. The van der Waals surface area contributed by atoms with Crippen LogP contribution in [0.1, 0.15) is 25.3 Å². The van der Waals surface area contributed by atoms with Crippen molar-refractivity contribution in [2.75, 3.05) is 0 Å². The highest BCUT2D eigenvalue weighted by Crippen LogP contribution is 2.51. The number of carbonyl (C=O) groups excluding carboxylic acids is 1. The van der Waals surface area contributed by atoms with Gasteiger partial charge in [0.15, 0.2) is 0 Å². The lowest BCUT2D eigenvalue weighted by atomic mass is 9.63. The van der Waals surface area contributed by atoms with Gasteiger partial charge >= 0.3 is 0 Å². The Morgan fingerprint density at radius 2 is 1.94 bits per heavy atom. The molecule has 0 aliphatic heterocycles. The quantitative estimate of drug-likeness (QED) is 0.669. The van der Waals surface area contributed by atoms with E-state index >= 15 is 0 Å². The SMILES string of the molecule is CC1(O)CC(N=C=O)(c2ccc(Br)cc2)C1. The fourth-order valence-corrected chi connectivity index (χ4v) is 2.67. The average molecular weight is 282 g/mol. The summed E-state index contributed by atoms with van der Waals surface area (Å²) in [6, 6.07) is 7.65. The maximum Gasteiger partial charge on any atom is 0.235 e. The van der Waals surface area contributed by atoms with Gasteiger partial charge in [-0.15, -0.1) is 0 Å². The van der Waals surface area contributed by atoms with Gasteiger partial charge in [-0.05, 0) is 24.6 Å². The van der Waals surface area contributed by atoms with E-state index in [2.05, 4.69) is 20.9 Å². The second kappa shape index (κ2) is 3.81. The molecule has 1 fully saturated rings. The molecule has 3 nitrogen and oxygen atoms in total.